The van der Waals surface area contributed by atoms with Crippen molar-refractivity contribution in [1.29, 1.82) is 0 Å². The molecule has 2 aromatic rings. The van der Waals surface area contributed by atoms with Crippen LogP contribution in [-0.2, 0) is 0 Å². The first-order chi connectivity index (χ1) is 9.24. The van der Waals surface area contributed by atoms with Crippen molar-refractivity contribution >= 4 is 34.4 Å². The van der Waals surface area contributed by atoms with Gasteiger partial charge in [0, 0.05) is 5.92 Å². The van der Waals surface area contributed by atoms with E-state index in [2.05, 4.69) is 15.0 Å². The monoisotopic (exact) mass is 297 g/mol. The minimum absolute atomic E-state index is 0.324. The Morgan fingerprint density at radius 3 is 2.42 bits per heavy atom. The van der Waals surface area contributed by atoms with Crippen molar-refractivity contribution in [2.45, 2.75) is 50.9 Å². The Kier molecular flexibility index (Phi) is 3.94. The van der Waals surface area contributed by atoms with Gasteiger partial charge in [-0.1, -0.05) is 55.3 Å². The van der Waals surface area contributed by atoms with Crippen molar-refractivity contribution in [2.75, 3.05) is 0 Å². The summed E-state index contributed by atoms with van der Waals surface area (Å²) >= 11 is 11.9. The number of aromatic nitrogens is 3. The van der Waals surface area contributed by atoms with Gasteiger partial charge in [0.15, 0.2) is 5.65 Å². The van der Waals surface area contributed by atoms with Gasteiger partial charge in [0.1, 0.15) is 11.0 Å². The largest absolute Gasteiger partial charge is 0.340 e. The molecule has 102 valence electrons. The Balaban J connectivity index is 1.91. The third-order valence-electron chi connectivity index (χ3n) is 3.89. The van der Waals surface area contributed by atoms with Crippen molar-refractivity contribution < 1.29 is 0 Å². The summed E-state index contributed by atoms with van der Waals surface area (Å²) in [6, 6.07) is 1.81. The van der Waals surface area contributed by atoms with Crippen LogP contribution in [-0.4, -0.2) is 15.0 Å². The number of nitrogens with one attached hydrogen (secondary N) is 1. The highest BCUT2D eigenvalue weighted by atomic mass is 35.5. The van der Waals surface area contributed by atoms with Crippen LogP contribution < -0.4 is 0 Å². The number of rotatable bonds is 1. The molecule has 2 aromatic heterocycles. The average molecular weight is 298 g/mol. The molecule has 1 N–H and O–H groups in total. The zero-order chi connectivity index (χ0) is 13.2. The van der Waals surface area contributed by atoms with Crippen LogP contribution in [0.4, 0.5) is 0 Å². The number of halogens is 2. The molecule has 1 fully saturated rings. The van der Waals surface area contributed by atoms with Gasteiger partial charge in [-0.2, -0.15) is 0 Å². The summed E-state index contributed by atoms with van der Waals surface area (Å²) in [5.41, 5.74) is 1.55. The normalized spacial score (nSPS) is 18.4. The second-order valence-corrected chi connectivity index (χ2v) is 6.06. The fourth-order valence-corrected chi connectivity index (χ4v) is 3.12. The number of hydrogen-bond donors (Lipinski definition) is 1. The smallest absolute Gasteiger partial charge is 0.179 e. The predicted molar refractivity (Wildman–Crippen MR) is 79.0 cm³/mol. The fraction of sp³-hybridized carbons (Fsp3) is 0.571. The van der Waals surface area contributed by atoms with Crippen LogP contribution in [0.25, 0.3) is 11.2 Å². The van der Waals surface area contributed by atoms with E-state index in [9.17, 15) is 0 Å². The molecule has 5 heteroatoms. The number of aromatic amines is 1. The number of hydrogen-bond acceptors (Lipinski definition) is 2. The lowest BCUT2D eigenvalue weighted by Crippen LogP contribution is -2.04. The Morgan fingerprint density at radius 1 is 1.00 bits per heavy atom. The van der Waals surface area contributed by atoms with Crippen molar-refractivity contribution in [3.63, 3.8) is 0 Å². The van der Waals surface area contributed by atoms with Crippen molar-refractivity contribution in [3.05, 3.63) is 22.1 Å². The summed E-state index contributed by atoms with van der Waals surface area (Å²) in [6.07, 6.45) is 9.05. The Labute approximate surface area is 122 Å². The van der Waals surface area contributed by atoms with Crippen molar-refractivity contribution in [2.24, 2.45) is 0 Å². The Morgan fingerprint density at radius 2 is 1.68 bits per heavy atom. The zero-order valence-corrected chi connectivity index (χ0v) is 12.3. The standard InChI is InChI=1S/C14H17Cl2N3/c15-10-8-11-14(18-12(10)16)19-13(17-11)9-6-4-2-1-3-5-7-9/h8-9H,1-7H2,(H,17,18,19). The summed E-state index contributed by atoms with van der Waals surface area (Å²) in [7, 11) is 0. The first-order valence-corrected chi connectivity index (χ1v) is 7.71. The summed E-state index contributed by atoms with van der Waals surface area (Å²) in [4.78, 5) is 12.2. The van der Waals surface area contributed by atoms with Crippen LogP contribution in [0.2, 0.25) is 10.2 Å². The van der Waals surface area contributed by atoms with Crippen LogP contribution in [0.15, 0.2) is 6.07 Å². The maximum atomic E-state index is 5.99. The molecule has 0 radical (unpaired) electrons. The number of H-pyrrole nitrogens is 1. The summed E-state index contributed by atoms with van der Waals surface area (Å²) < 4.78 is 0. The molecule has 0 unspecified atom stereocenters. The van der Waals surface area contributed by atoms with Gasteiger partial charge in [-0.3, -0.25) is 0 Å². The molecule has 3 rings (SSSR count). The number of fused-ring (bicyclic) bond motifs is 1. The van der Waals surface area contributed by atoms with Crippen LogP contribution >= 0.6 is 23.2 Å². The van der Waals surface area contributed by atoms with Crippen LogP contribution in [0.1, 0.15) is 56.7 Å². The average Bonchev–Trinajstić information content (AvgIpc) is 2.72. The molecule has 1 saturated carbocycles. The van der Waals surface area contributed by atoms with Crippen molar-refractivity contribution in [1.82, 2.24) is 15.0 Å². The van der Waals surface area contributed by atoms with E-state index in [1.54, 1.807) is 0 Å². The first kappa shape index (κ1) is 13.2. The molecule has 1 aliphatic carbocycles. The van der Waals surface area contributed by atoms with E-state index in [4.69, 9.17) is 23.2 Å². The van der Waals surface area contributed by atoms with E-state index in [0.29, 0.717) is 21.7 Å². The molecule has 0 aromatic carbocycles. The van der Waals surface area contributed by atoms with E-state index in [0.717, 1.165) is 11.3 Å². The maximum absolute atomic E-state index is 5.99. The van der Waals surface area contributed by atoms with Gasteiger partial charge in [-0.05, 0) is 18.9 Å². The van der Waals surface area contributed by atoms with Gasteiger partial charge in [0.2, 0.25) is 0 Å². The Hall–Kier alpha value is -0.800. The van der Waals surface area contributed by atoms with Gasteiger partial charge in [-0.25, -0.2) is 9.97 Å². The van der Waals surface area contributed by atoms with Gasteiger partial charge >= 0.3 is 0 Å². The molecule has 0 bridgehead atoms. The lowest BCUT2D eigenvalue weighted by Gasteiger charge is -2.17. The highest BCUT2D eigenvalue weighted by molar-refractivity contribution is 6.41. The third kappa shape index (κ3) is 2.87. The van der Waals surface area contributed by atoms with Crippen LogP contribution in [0.3, 0.4) is 0 Å². The highest BCUT2D eigenvalue weighted by Gasteiger charge is 2.18. The summed E-state index contributed by atoms with van der Waals surface area (Å²) in [6.45, 7) is 0. The third-order valence-corrected chi connectivity index (χ3v) is 4.57. The second kappa shape index (κ2) is 5.68. The molecule has 19 heavy (non-hydrogen) atoms. The lowest BCUT2D eigenvalue weighted by molar-refractivity contribution is 0.445. The van der Waals surface area contributed by atoms with E-state index >= 15 is 0 Å². The molecule has 0 aliphatic heterocycles. The second-order valence-electron chi connectivity index (χ2n) is 5.30. The minimum atomic E-state index is 0.324. The number of pyridine rings is 1. The molecule has 0 amide bonds. The predicted octanol–water partition coefficient (Wildman–Crippen LogP) is 5.09. The molecule has 3 nitrogen and oxygen atoms in total. The molecule has 1 aliphatic rings. The van der Waals surface area contributed by atoms with E-state index in [1.807, 2.05) is 6.07 Å². The van der Waals surface area contributed by atoms with Gasteiger partial charge in [0.25, 0.3) is 0 Å². The fourth-order valence-electron chi connectivity index (χ4n) is 2.84. The molecular weight excluding hydrogens is 281 g/mol. The maximum Gasteiger partial charge on any atom is 0.179 e. The van der Waals surface area contributed by atoms with Gasteiger partial charge < -0.3 is 4.98 Å². The summed E-state index contributed by atoms with van der Waals surface area (Å²) in [5, 5.41) is 0.798. The first-order valence-electron chi connectivity index (χ1n) is 6.95. The molecule has 2 heterocycles. The molecule has 0 spiro atoms. The van der Waals surface area contributed by atoms with Crippen LogP contribution in [0, 0.1) is 0 Å². The lowest BCUT2D eigenvalue weighted by atomic mass is 9.91. The number of nitrogens with zero attached hydrogens (tertiary/aromatic N) is 2. The van der Waals surface area contributed by atoms with Crippen LogP contribution in [0.5, 0.6) is 0 Å². The topological polar surface area (TPSA) is 41.6 Å². The quantitative estimate of drug-likeness (QED) is 0.745. The van der Waals surface area contributed by atoms with Gasteiger partial charge in [-0.15, -0.1) is 0 Å². The van der Waals surface area contributed by atoms with Crippen molar-refractivity contribution in [3.8, 4) is 0 Å². The van der Waals surface area contributed by atoms with E-state index in [-0.39, 0.29) is 0 Å². The molecular formula is C14H17Cl2N3. The zero-order valence-electron chi connectivity index (χ0n) is 10.8. The van der Waals surface area contributed by atoms with Gasteiger partial charge in [0.05, 0.1) is 10.5 Å². The number of imidazole rings is 1. The highest BCUT2D eigenvalue weighted by Crippen LogP contribution is 2.31. The van der Waals surface area contributed by atoms with E-state index in [1.165, 1.54) is 44.9 Å². The molecule has 0 saturated heterocycles. The molecule has 0 atom stereocenters. The minimum Gasteiger partial charge on any atom is -0.340 e. The summed E-state index contributed by atoms with van der Waals surface area (Å²) in [5.74, 6) is 1.56. The van der Waals surface area contributed by atoms with E-state index < -0.39 is 0 Å². The SMILES string of the molecule is Clc1cc2[nH]c(C3CCCCCCC3)nc2nc1Cl. The Bertz CT molecular complexity index is 532.